The van der Waals surface area contributed by atoms with Crippen molar-refractivity contribution in [3.05, 3.63) is 10.6 Å². The van der Waals surface area contributed by atoms with Crippen LogP contribution in [0.25, 0.3) is 0 Å². The first-order chi connectivity index (χ1) is 8.51. The first kappa shape index (κ1) is 13.7. The fourth-order valence-corrected chi connectivity index (χ4v) is 4.46. The largest absolute Gasteiger partial charge is 0.465 e. The highest BCUT2D eigenvalue weighted by Crippen LogP contribution is 2.32. The van der Waals surface area contributed by atoms with Gasteiger partial charge in [0, 0.05) is 23.6 Å². The molecule has 1 fully saturated rings. The molecule has 0 N–H and O–H groups in total. The van der Waals surface area contributed by atoms with E-state index >= 15 is 0 Å². The standard InChI is InChI=1S/C12H18N2O2S2/c1-7-5-14(6-8(2)17-7)12-13-9(3)10(18-12)11(15)16-4/h7-8H,5-6H2,1-4H3. The summed E-state index contributed by atoms with van der Waals surface area (Å²) in [4.78, 5) is 19.0. The summed E-state index contributed by atoms with van der Waals surface area (Å²) in [5.41, 5.74) is 0.764. The Morgan fingerprint density at radius 2 is 2.00 bits per heavy atom. The number of ether oxygens (including phenoxy) is 1. The summed E-state index contributed by atoms with van der Waals surface area (Å²) in [6.07, 6.45) is 0. The Bertz CT molecular complexity index is 437. The third kappa shape index (κ3) is 2.80. The van der Waals surface area contributed by atoms with Gasteiger partial charge in [-0.15, -0.1) is 0 Å². The fourth-order valence-electron chi connectivity index (χ4n) is 2.13. The van der Waals surface area contributed by atoms with Gasteiger partial charge in [0.25, 0.3) is 0 Å². The van der Waals surface area contributed by atoms with E-state index in [9.17, 15) is 4.79 Å². The molecule has 0 amide bonds. The number of aryl methyl sites for hydroxylation is 1. The second-order valence-corrected chi connectivity index (χ2v) is 7.42. The molecule has 0 saturated carbocycles. The predicted octanol–water partition coefficient (Wildman–Crippen LogP) is 2.57. The lowest BCUT2D eigenvalue weighted by Crippen LogP contribution is -2.40. The van der Waals surface area contributed by atoms with Gasteiger partial charge in [-0.3, -0.25) is 0 Å². The van der Waals surface area contributed by atoms with Gasteiger partial charge in [0.15, 0.2) is 5.13 Å². The monoisotopic (exact) mass is 286 g/mol. The number of hydrogen-bond acceptors (Lipinski definition) is 6. The van der Waals surface area contributed by atoms with E-state index in [1.807, 2.05) is 18.7 Å². The van der Waals surface area contributed by atoms with Crippen LogP contribution in [-0.2, 0) is 4.74 Å². The molecule has 2 rings (SSSR count). The third-order valence-electron chi connectivity index (χ3n) is 2.85. The van der Waals surface area contributed by atoms with E-state index in [0.29, 0.717) is 15.4 Å². The molecule has 0 aliphatic carbocycles. The minimum atomic E-state index is -0.288. The molecule has 1 aliphatic rings. The van der Waals surface area contributed by atoms with Gasteiger partial charge in [-0.2, -0.15) is 11.8 Å². The number of carbonyl (C=O) groups excluding carboxylic acids is 1. The van der Waals surface area contributed by atoms with Gasteiger partial charge in [0.05, 0.1) is 12.8 Å². The van der Waals surface area contributed by atoms with Crippen LogP contribution in [0, 0.1) is 6.92 Å². The number of rotatable bonds is 2. The predicted molar refractivity (Wildman–Crippen MR) is 76.9 cm³/mol. The molecule has 0 radical (unpaired) electrons. The average molecular weight is 286 g/mol. The lowest BCUT2D eigenvalue weighted by Gasteiger charge is -2.34. The van der Waals surface area contributed by atoms with E-state index in [-0.39, 0.29) is 5.97 Å². The number of thiazole rings is 1. The lowest BCUT2D eigenvalue weighted by atomic mass is 10.3. The van der Waals surface area contributed by atoms with Crippen LogP contribution in [0.4, 0.5) is 5.13 Å². The Labute approximate surface area is 116 Å². The third-order valence-corrected chi connectivity index (χ3v) is 5.27. The normalized spacial score (nSPS) is 24.1. The Morgan fingerprint density at radius 1 is 1.39 bits per heavy atom. The summed E-state index contributed by atoms with van der Waals surface area (Å²) in [5, 5.41) is 2.13. The zero-order valence-corrected chi connectivity index (χ0v) is 12.7. The molecule has 6 heteroatoms. The molecular weight excluding hydrogens is 268 g/mol. The van der Waals surface area contributed by atoms with Crippen molar-refractivity contribution in [1.29, 1.82) is 0 Å². The number of hydrogen-bond donors (Lipinski definition) is 0. The Morgan fingerprint density at radius 3 is 2.56 bits per heavy atom. The van der Waals surface area contributed by atoms with Crippen LogP contribution in [0.2, 0.25) is 0 Å². The van der Waals surface area contributed by atoms with E-state index in [1.165, 1.54) is 18.4 Å². The summed E-state index contributed by atoms with van der Waals surface area (Å²) < 4.78 is 4.77. The van der Waals surface area contributed by atoms with Gasteiger partial charge in [0.1, 0.15) is 4.88 Å². The SMILES string of the molecule is COC(=O)c1sc(N2CC(C)SC(C)C2)nc1C. The van der Waals surface area contributed by atoms with Crippen LogP contribution in [-0.4, -0.2) is 41.7 Å². The average Bonchev–Trinajstić information content (AvgIpc) is 2.69. The van der Waals surface area contributed by atoms with Gasteiger partial charge in [-0.05, 0) is 6.92 Å². The van der Waals surface area contributed by atoms with Crippen molar-refractivity contribution in [2.24, 2.45) is 0 Å². The van der Waals surface area contributed by atoms with Crippen molar-refractivity contribution in [2.45, 2.75) is 31.3 Å². The first-order valence-electron chi connectivity index (χ1n) is 5.97. The highest BCUT2D eigenvalue weighted by molar-refractivity contribution is 8.00. The second-order valence-electron chi connectivity index (χ2n) is 4.56. The van der Waals surface area contributed by atoms with Crippen molar-refractivity contribution in [2.75, 3.05) is 25.1 Å². The van der Waals surface area contributed by atoms with Crippen molar-refractivity contribution in [3.8, 4) is 0 Å². The Kier molecular flexibility index (Phi) is 4.17. The summed E-state index contributed by atoms with van der Waals surface area (Å²) >= 11 is 3.44. The van der Waals surface area contributed by atoms with Gasteiger partial charge in [-0.1, -0.05) is 25.2 Å². The van der Waals surface area contributed by atoms with Gasteiger partial charge in [0.2, 0.25) is 0 Å². The first-order valence-corrected chi connectivity index (χ1v) is 7.73. The highest BCUT2D eigenvalue weighted by atomic mass is 32.2. The highest BCUT2D eigenvalue weighted by Gasteiger charge is 2.26. The molecule has 1 aromatic rings. The zero-order valence-electron chi connectivity index (χ0n) is 11.1. The van der Waals surface area contributed by atoms with E-state index in [0.717, 1.165) is 23.9 Å². The molecular formula is C12H18N2O2S2. The summed E-state index contributed by atoms with van der Waals surface area (Å²) in [6, 6.07) is 0. The Hall–Kier alpha value is -0.750. The smallest absolute Gasteiger partial charge is 0.350 e. The molecule has 100 valence electrons. The molecule has 0 spiro atoms. The minimum Gasteiger partial charge on any atom is -0.465 e. The summed E-state index contributed by atoms with van der Waals surface area (Å²) in [7, 11) is 1.41. The van der Waals surface area contributed by atoms with E-state index in [2.05, 4.69) is 23.7 Å². The van der Waals surface area contributed by atoms with Crippen molar-refractivity contribution < 1.29 is 9.53 Å². The molecule has 2 atom stereocenters. The van der Waals surface area contributed by atoms with Gasteiger partial charge < -0.3 is 9.64 Å². The van der Waals surface area contributed by atoms with Crippen LogP contribution in [0.5, 0.6) is 0 Å². The number of carbonyl (C=O) groups is 1. The number of esters is 1. The van der Waals surface area contributed by atoms with Crippen molar-refractivity contribution in [3.63, 3.8) is 0 Å². The summed E-state index contributed by atoms with van der Waals surface area (Å²) in [5.74, 6) is -0.288. The second kappa shape index (κ2) is 5.48. The van der Waals surface area contributed by atoms with Crippen LogP contribution in [0.3, 0.4) is 0 Å². The lowest BCUT2D eigenvalue weighted by molar-refractivity contribution is 0.0605. The van der Waals surface area contributed by atoms with Crippen LogP contribution >= 0.6 is 23.1 Å². The number of anilines is 1. The van der Waals surface area contributed by atoms with Crippen molar-refractivity contribution >= 4 is 34.2 Å². The van der Waals surface area contributed by atoms with E-state index < -0.39 is 0 Å². The molecule has 18 heavy (non-hydrogen) atoms. The van der Waals surface area contributed by atoms with Crippen LogP contribution < -0.4 is 4.90 Å². The van der Waals surface area contributed by atoms with E-state index in [1.54, 1.807) is 0 Å². The van der Waals surface area contributed by atoms with Crippen molar-refractivity contribution in [1.82, 2.24) is 4.98 Å². The minimum absolute atomic E-state index is 0.288. The molecule has 0 aromatic carbocycles. The number of aromatic nitrogens is 1. The zero-order chi connectivity index (χ0) is 13.3. The molecule has 2 heterocycles. The Balaban J connectivity index is 2.21. The number of nitrogens with zero attached hydrogens (tertiary/aromatic N) is 2. The molecule has 1 saturated heterocycles. The quantitative estimate of drug-likeness (QED) is 0.782. The molecule has 1 aliphatic heterocycles. The fraction of sp³-hybridized carbons (Fsp3) is 0.667. The van der Waals surface area contributed by atoms with Gasteiger partial charge >= 0.3 is 5.97 Å². The number of methoxy groups -OCH3 is 1. The maximum absolute atomic E-state index is 11.6. The van der Waals surface area contributed by atoms with Crippen LogP contribution in [0.15, 0.2) is 0 Å². The topological polar surface area (TPSA) is 42.4 Å². The number of thioether (sulfide) groups is 1. The van der Waals surface area contributed by atoms with E-state index in [4.69, 9.17) is 4.74 Å². The molecule has 0 bridgehead atoms. The van der Waals surface area contributed by atoms with Crippen LogP contribution in [0.1, 0.15) is 29.2 Å². The molecule has 1 aromatic heterocycles. The molecule has 2 unspecified atom stereocenters. The molecule has 4 nitrogen and oxygen atoms in total. The summed E-state index contributed by atoms with van der Waals surface area (Å²) in [6.45, 7) is 8.30. The maximum atomic E-state index is 11.6. The maximum Gasteiger partial charge on any atom is 0.350 e. The van der Waals surface area contributed by atoms with Gasteiger partial charge in [-0.25, -0.2) is 9.78 Å².